The maximum absolute atomic E-state index is 12.7. The number of alkyl halides is 3. The molecule has 1 aliphatic rings. The molecular formula is C13H17Cl2F3N2O2S. The summed E-state index contributed by atoms with van der Waals surface area (Å²) >= 11 is 5.74. The molecule has 2 rings (SSSR count). The molecule has 23 heavy (non-hydrogen) atoms. The van der Waals surface area contributed by atoms with Crippen LogP contribution in [0, 0.1) is 0 Å². The molecule has 0 amide bonds. The fourth-order valence-electron chi connectivity index (χ4n) is 2.33. The predicted molar refractivity (Wildman–Crippen MR) is 84.5 cm³/mol. The highest BCUT2D eigenvalue weighted by Gasteiger charge is 2.32. The number of nitrogens with one attached hydrogen (secondary N) is 2. The lowest BCUT2D eigenvalue weighted by Gasteiger charge is -2.13. The van der Waals surface area contributed by atoms with Crippen LogP contribution in [-0.4, -0.2) is 27.5 Å². The Morgan fingerprint density at radius 3 is 2.61 bits per heavy atom. The second kappa shape index (κ2) is 8.02. The lowest BCUT2D eigenvalue weighted by atomic mass is 10.2. The predicted octanol–water partition coefficient (Wildman–Crippen LogP) is 3.20. The first kappa shape index (κ1) is 20.5. The summed E-state index contributed by atoms with van der Waals surface area (Å²) in [5.41, 5.74) is -1.05. The molecule has 1 heterocycles. The van der Waals surface area contributed by atoms with E-state index in [2.05, 4.69) is 10.0 Å². The molecule has 1 aromatic rings. The highest BCUT2D eigenvalue weighted by Crippen LogP contribution is 2.33. The van der Waals surface area contributed by atoms with Crippen LogP contribution in [0.5, 0.6) is 0 Å². The highest BCUT2D eigenvalue weighted by molar-refractivity contribution is 7.89. The third-order valence-corrected chi connectivity index (χ3v) is 5.44. The number of halogens is 5. The first-order chi connectivity index (χ1) is 10.2. The minimum atomic E-state index is -4.62. The Morgan fingerprint density at radius 2 is 2.04 bits per heavy atom. The summed E-state index contributed by atoms with van der Waals surface area (Å²) in [6.45, 7) is 1.05. The maximum Gasteiger partial charge on any atom is 0.416 e. The molecule has 1 saturated heterocycles. The zero-order valence-electron chi connectivity index (χ0n) is 12.0. The van der Waals surface area contributed by atoms with E-state index in [1.165, 1.54) is 0 Å². The fourth-order valence-corrected chi connectivity index (χ4v) is 3.91. The van der Waals surface area contributed by atoms with E-state index in [4.69, 9.17) is 11.6 Å². The number of benzene rings is 1. The molecule has 0 aliphatic carbocycles. The second-order valence-electron chi connectivity index (χ2n) is 5.12. The van der Waals surface area contributed by atoms with E-state index < -0.39 is 26.7 Å². The van der Waals surface area contributed by atoms with Crippen molar-refractivity contribution >= 4 is 34.0 Å². The summed E-state index contributed by atoms with van der Waals surface area (Å²) in [4.78, 5) is -0.552. The SMILES string of the molecule is Cl.O=S(=O)(NCC[C@H]1CCCN1)c1cc(C(F)(F)F)ccc1Cl. The normalized spacial score (nSPS) is 18.7. The van der Waals surface area contributed by atoms with Gasteiger partial charge < -0.3 is 5.32 Å². The van der Waals surface area contributed by atoms with Crippen LogP contribution in [0.2, 0.25) is 5.02 Å². The summed E-state index contributed by atoms with van der Waals surface area (Å²) in [7, 11) is -4.08. The van der Waals surface area contributed by atoms with Crippen LogP contribution in [0.4, 0.5) is 13.2 Å². The molecule has 0 bridgehead atoms. The van der Waals surface area contributed by atoms with E-state index in [1.54, 1.807) is 0 Å². The molecule has 4 nitrogen and oxygen atoms in total. The lowest BCUT2D eigenvalue weighted by molar-refractivity contribution is -0.137. The minimum absolute atomic E-state index is 0. The fraction of sp³-hybridized carbons (Fsp3) is 0.538. The van der Waals surface area contributed by atoms with Gasteiger partial charge in [0, 0.05) is 12.6 Å². The Hall–Kier alpha value is -0.540. The molecule has 1 aliphatic heterocycles. The van der Waals surface area contributed by atoms with Crippen molar-refractivity contribution in [2.75, 3.05) is 13.1 Å². The van der Waals surface area contributed by atoms with Crippen molar-refractivity contribution in [3.8, 4) is 0 Å². The van der Waals surface area contributed by atoms with E-state index in [1.807, 2.05) is 0 Å². The van der Waals surface area contributed by atoms with Crippen LogP contribution in [-0.2, 0) is 16.2 Å². The van der Waals surface area contributed by atoms with Crippen molar-refractivity contribution in [1.29, 1.82) is 0 Å². The van der Waals surface area contributed by atoms with Crippen molar-refractivity contribution in [3.63, 3.8) is 0 Å². The third kappa shape index (κ3) is 5.49. The van der Waals surface area contributed by atoms with Gasteiger partial charge in [0.15, 0.2) is 0 Å². The molecular weight excluding hydrogens is 376 g/mol. The summed E-state index contributed by atoms with van der Waals surface area (Å²) < 4.78 is 64.6. The standard InChI is InChI=1S/C13H16ClF3N2O2S.ClH/c14-11-4-3-9(13(15,16)17)8-12(11)22(20,21)19-7-5-10-2-1-6-18-10;/h3-4,8,10,18-19H,1-2,5-7H2;1H/t10-;/m1./s1. The molecule has 1 fully saturated rings. The summed E-state index contributed by atoms with van der Waals surface area (Å²) in [6, 6.07) is 2.49. The smallest absolute Gasteiger partial charge is 0.314 e. The molecule has 0 spiro atoms. The topological polar surface area (TPSA) is 58.2 Å². The number of hydrogen-bond acceptors (Lipinski definition) is 3. The van der Waals surface area contributed by atoms with Gasteiger partial charge in [-0.3, -0.25) is 0 Å². The van der Waals surface area contributed by atoms with Crippen LogP contribution in [0.3, 0.4) is 0 Å². The van der Waals surface area contributed by atoms with Gasteiger partial charge in [-0.05, 0) is 44.0 Å². The molecule has 10 heteroatoms. The van der Waals surface area contributed by atoms with Crippen molar-refractivity contribution in [2.45, 2.75) is 36.4 Å². The molecule has 1 aromatic carbocycles. The Labute approximate surface area is 144 Å². The van der Waals surface area contributed by atoms with Gasteiger partial charge in [0.05, 0.1) is 10.6 Å². The molecule has 1 atom stereocenters. The van der Waals surface area contributed by atoms with Gasteiger partial charge in [-0.1, -0.05) is 11.6 Å². The Bertz CT molecular complexity index is 633. The highest BCUT2D eigenvalue weighted by atomic mass is 35.5. The summed E-state index contributed by atoms with van der Waals surface area (Å²) in [5.74, 6) is 0. The first-order valence-corrected chi connectivity index (χ1v) is 8.66. The van der Waals surface area contributed by atoms with Gasteiger partial charge in [0.25, 0.3) is 0 Å². The van der Waals surface area contributed by atoms with Crippen LogP contribution < -0.4 is 10.0 Å². The first-order valence-electron chi connectivity index (χ1n) is 6.80. The molecule has 0 radical (unpaired) electrons. The third-order valence-electron chi connectivity index (χ3n) is 3.50. The molecule has 0 aromatic heterocycles. The van der Waals surface area contributed by atoms with Crippen LogP contribution in [0.25, 0.3) is 0 Å². The van der Waals surface area contributed by atoms with E-state index in [-0.39, 0.29) is 30.0 Å². The zero-order valence-corrected chi connectivity index (χ0v) is 14.4. The molecule has 2 N–H and O–H groups in total. The summed E-state index contributed by atoms with van der Waals surface area (Å²) in [6.07, 6.45) is -2.04. The Balaban J connectivity index is 0.00000264. The Morgan fingerprint density at radius 1 is 1.35 bits per heavy atom. The molecule has 0 saturated carbocycles. The zero-order chi connectivity index (χ0) is 16.4. The largest absolute Gasteiger partial charge is 0.416 e. The van der Waals surface area contributed by atoms with E-state index in [0.29, 0.717) is 12.5 Å². The van der Waals surface area contributed by atoms with Crippen LogP contribution >= 0.6 is 24.0 Å². The van der Waals surface area contributed by atoms with E-state index in [0.717, 1.165) is 31.5 Å². The van der Waals surface area contributed by atoms with Crippen molar-refractivity contribution < 1.29 is 21.6 Å². The Kier molecular flexibility index (Phi) is 7.15. The van der Waals surface area contributed by atoms with E-state index in [9.17, 15) is 21.6 Å². The number of hydrogen-bond donors (Lipinski definition) is 2. The molecule has 132 valence electrons. The van der Waals surface area contributed by atoms with Gasteiger partial charge in [-0.25, -0.2) is 13.1 Å². The maximum atomic E-state index is 12.7. The van der Waals surface area contributed by atoms with Crippen LogP contribution in [0.1, 0.15) is 24.8 Å². The van der Waals surface area contributed by atoms with Gasteiger partial charge in [-0.2, -0.15) is 13.2 Å². The van der Waals surface area contributed by atoms with E-state index >= 15 is 0 Å². The van der Waals surface area contributed by atoms with Gasteiger partial charge >= 0.3 is 6.18 Å². The monoisotopic (exact) mass is 392 g/mol. The van der Waals surface area contributed by atoms with Crippen molar-refractivity contribution in [3.05, 3.63) is 28.8 Å². The van der Waals surface area contributed by atoms with Gasteiger partial charge in [-0.15, -0.1) is 12.4 Å². The second-order valence-corrected chi connectivity index (χ2v) is 7.27. The summed E-state index contributed by atoms with van der Waals surface area (Å²) in [5, 5.41) is 2.98. The molecule has 0 unspecified atom stereocenters. The van der Waals surface area contributed by atoms with Gasteiger partial charge in [0.2, 0.25) is 10.0 Å². The number of rotatable bonds is 5. The van der Waals surface area contributed by atoms with Gasteiger partial charge in [0.1, 0.15) is 4.90 Å². The van der Waals surface area contributed by atoms with Crippen molar-refractivity contribution in [2.24, 2.45) is 0 Å². The van der Waals surface area contributed by atoms with Crippen LogP contribution in [0.15, 0.2) is 23.1 Å². The average Bonchev–Trinajstić information content (AvgIpc) is 2.90. The minimum Gasteiger partial charge on any atom is -0.314 e. The number of sulfonamides is 1. The van der Waals surface area contributed by atoms with Crippen molar-refractivity contribution in [1.82, 2.24) is 10.0 Å². The average molecular weight is 393 g/mol. The lowest BCUT2D eigenvalue weighted by Crippen LogP contribution is -2.31. The quantitative estimate of drug-likeness (QED) is 0.808.